The Morgan fingerprint density at radius 2 is 1.73 bits per heavy atom. The van der Waals surface area contributed by atoms with Crippen molar-refractivity contribution < 1.29 is 19.5 Å². The zero-order valence-corrected chi connectivity index (χ0v) is 13.8. The molecule has 0 bridgehead atoms. The second-order valence-electron chi connectivity index (χ2n) is 5.98. The molecule has 0 aromatic carbocycles. The zero-order chi connectivity index (χ0) is 17.0. The normalized spacial score (nSPS) is 13.4. The molecule has 2 amide bonds. The van der Waals surface area contributed by atoms with Gasteiger partial charge >= 0.3 is 5.97 Å². The average Bonchev–Trinajstić information content (AvgIpc) is 2.42. The quantitative estimate of drug-likeness (QED) is 0.453. The molecule has 0 aromatic heterocycles. The van der Waals surface area contributed by atoms with E-state index >= 15 is 0 Å². The monoisotopic (exact) mass is 314 g/mol. The van der Waals surface area contributed by atoms with Gasteiger partial charge in [-0.25, -0.2) is 4.79 Å². The number of aliphatic carboxylic acids is 1. The Morgan fingerprint density at radius 3 is 2.27 bits per heavy atom. The largest absolute Gasteiger partial charge is 0.480 e. The van der Waals surface area contributed by atoms with Crippen molar-refractivity contribution in [3.8, 4) is 0 Å². The number of carbonyl (C=O) groups excluding carboxylic acids is 2. The van der Waals surface area contributed by atoms with Gasteiger partial charge in [-0.15, -0.1) is 0 Å². The van der Waals surface area contributed by atoms with Gasteiger partial charge < -0.3 is 16.2 Å². The summed E-state index contributed by atoms with van der Waals surface area (Å²) in [6, 6.07) is -1.04. The molecule has 4 N–H and O–H groups in total. The van der Waals surface area contributed by atoms with Gasteiger partial charge in [0.25, 0.3) is 0 Å². The highest BCUT2D eigenvalue weighted by atomic mass is 16.4. The number of primary amides is 1. The Labute approximate surface area is 132 Å². The Morgan fingerprint density at radius 1 is 1.09 bits per heavy atom. The molecule has 0 aliphatic carbocycles. The molecule has 0 aliphatic heterocycles. The van der Waals surface area contributed by atoms with E-state index in [0.717, 1.165) is 12.8 Å². The fourth-order valence-electron chi connectivity index (χ4n) is 2.31. The highest BCUT2D eigenvalue weighted by molar-refractivity contribution is 5.84. The molecule has 0 aromatic rings. The van der Waals surface area contributed by atoms with Crippen LogP contribution in [0.3, 0.4) is 0 Å². The second-order valence-corrected chi connectivity index (χ2v) is 5.98. The zero-order valence-electron chi connectivity index (χ0n) is 13.8. The van der Waals surface area contributed by atoms with Gasteiger partial charge in [-0.05, 0) is 12.3 Å². The first-order valence-electron chi connectivity index (χ1n) is 8.17. The minimum Gasteiger partial charge on any atom is -0.480 e. The first-order valence-corrected chi connectivity index (χ1v) is 8.17. The summed E-state index contributed by atoms with van der Waals surface area (Å²) in [5.41, 5.74) is 5.00. The lowest BCUT2D eigenvalue weighted by Crippen LogP contribution is -2.41. The third kappa shape index (κ3) is 11.1. The topological polar surface area (TPSA) is 109 Å². The summed E-state index contributed by atoms with van der Waals surface area (Å²) < 4.78 is 0. The third-order valence-electron chi connectivity index (χ3n) is 3.65. The number of nitrogens with one attached hydrogen (secondary N) is 1. The smallest absolute Gasteiger partial charge is 0.326 e. The molecule has 0 radical (unpaired) electrons. The van der Waals surface area contributed by atoms with Crippen molar-refractivity contribution in [2.24, 2.45) is 11.7 Å². The highest BCUT2D eigenvalue weighted by Crippen LogP contribution is 2.14. The number of rotatable bonds is 13. The van der Waals surface area contributed by atoms with Crippen LogP contribution in [0.15, 0.2) is 0 Å². The summed E-state index contributed by atoms with van der Waals surface area (Å²) >= 11 is 0. The van der Waals surface area contributed by atoms with E-state index < -0.39 is 17.9 Å². The maximum Gasteiger partial charge on any atom is 0.326 e. The fourth-order valence-corrected chi connectivity index (χ4v) is 2.31. The molecule has 6 nitrogen and oxygen atoms in total. The van der Waals surface area contributed by atoms with Crippen LogP contribution >= 0.6 is 0 Å². The molecular weight excluding hydrogens is 284 g/mol. The standard InChI is InChI=1S/C16H30N2O4/c1-3-4-5-6-7-8-12(2)11-15(20)18-13(16(21)22)9-10-14(17)19/h12-13H,3-11H2,1-2H3,(H2,17,19)(H,18,20)(H,21,22)/t12?,13-/m0/s1. The number of unbranched alkanes of at least 4 members (excludes halogenated alkanes) is 4. The summed E-state index contributed by atoms with van der Waals surface area (Å²) in [6.45, 7) is 4.17. The van der Waals surface area contributed by atoms with Crippen LogP contribution in [-0.2, 0) is 14.4 Å². The molecule has 0 heterocycles. The molecule has 1 unspecified atom stereocenters. The van der Waals surface area contributed by atoms with Crippen LogP contribution in [0.1, 0.15) is 71.6 Å². The van der Waals surface area contributed by atoms with E-state index in [1.807, 2.05) is 6.92 Å². The number of hydrogen-bond acceptors (Lipinski definition) is 3. The lowest BCUT2D eigenvalue weighted by atomic mass is 9.98. The first kappa shape index (κ1) is 20.4. The average molecular weight is 314 g/mol. The second kappa shape index (κ2) is 12.0. The van der Waals surface area contributed by atoms with Crippen LogP contribution in [0.5, 0.6) is 0 Å². The minimum atomic E-state index is -1.14. The van der Waals surface area contributed by atoms with Gasteiger partial charge in [-0.1, -0.05) is 52.4 Å². The molecule has 6 heteroatoms. The van der Waals surface area contributed by atoms with Crippen LogP contribution in [0.4, 0.5) is 0 Å². The van der Waals surface area contributed by atoms with E-state index in [1.54, 1.807) is 0 Å². The van der Waals surface area contributed by atoms with Gasteiger partial charge in [0.2, 0.25) is 11.8 Å². The van der Waals surface area contributed by atoms with Crippen LogP contribution < -0.4 is 11.1 Å². The van der Waals surface area contributed by atoms with Crippen molar-refractivity contribution in [2.45, 2.75) is 77.7 Å². The summed E-state index contributed by atoms with van der Waals surface area (Å²) in [4.78, 5) is 33.6. The molecule has 2 atom stereocenters. The van der Waals surface area contributed by atoms with Gasteiger partial charge in [0.15, 0.2) is 0 Å². The summed E-state index contributed by atoms with van der Waals surface area (Å²) in [5, 5.41) is 11.5. The van der Waals surface area contributed by atoms with E-state index in [0.29, 0.717) is 6.42 Å². The first-order chi connectivity index (χ1) is 10.4. The Balaban J connectivity index is 4.01. The summed E-state index contributed by atoms with van der Waals surface area (Å²) in [5.74, 6) is -1.76. The van der Waals surface area contributed by atoms with Crippen LogP contribution in [0.2, 0.25) is 0 Å². The lowest BCUT2D eigenvalue weighted by molar-refractivity contribution is -0.142. The van der Waals surface area contributed by atoms with E-state index in [9.17, 15) is 14.4 Å². The van der Waals surface area contributed by atoms with Gasteiger partial charge in [0.05, 0.1) is 0 Å². The number of carbonyl (C=O) groups is 3. The number of carboxylic acid groups (broad SMARTS) is 1. The Hall–Kier alpha value is -1.59. The number of amides is 2. The van der Waals surface area contributed by atoms with Crippen molar-refractivity contribution in [2.75, 3.05) is 0 Å². The van der Waals surface area contributed by atoms with Crippen LogP contribution in [0, 0.1) is 5.92 Å². The van der Waals surface area contributed by atoms with Crippen LogP contribution in [0.25, 0.3) is 0 Å². The van der Waals surface area contributed by atoms with Gasteiger partial charge in [-0.3, -0.25) is 9.59 Å². The van der Waals surface area contributed by atoms with E-state index in [-0.39, 0.29) is 24.7 Å². The molecular formula is C16H30N2O4. The van der Waals surface area contributed by atoms with Crippen molar-refractivity contribution in [3.05, 3.63) is 0 Å². The fraction of sp³-hybridized carbons (Fsp3) is 0.812. The SMILES string of the molecule is CCCCCCCC(C)CC(=O)N[C@@H](CCC(N)=O)C(=O)O. The Bertz CT molecular complexity index is 358. The van der Waals surface area contributed by atoms with Crippen molar-refractivity contribution in [1.29, 1.82) is 0 Å². The number of carboxylic acids is 1. The van der Waals surface area contributed by atoms with Crippen molar-refractivity contribution in [3.63, 3.8) is 0 Å². The maximum atomic E-state index is 11.9. The van der Waals surface area contributed by atoms with Gasteiger partial charge in [-0.2, -0.15) is 0 Å². The summed E-state index contributed by atoms with van der Waals surface area (Å²) in [6.07, 6.45) is 7.21. The highest BCUT2D eigenvalue weighted by Gasteiger charge is 2.21. The maximum absolute atomic E-state index is 11.9. The molecule has 0 saturated heterocycles. The molecule has 0 spiro atoms. The van der Waals surface area contributed by atoms with Gasteiger partial charge in [0, 0.05) is 12.8 Å². The number of nitrogens with two attached hydrogens (primary N) is 1. The van der Waals surface area contributed by atoms with Crippen molar-refractivity contribution in [1.82, 2.24) is 5.32 Å². The molecule has 0 fully saturated rings. The van der Waals surface area contributed by atoms with Gasteiger partial charge in [0.1, 0.15) is 6.04 Å². The molecule has 0 saturated carbocycles. The Kier molecular flexibility index (Phi) is 11.1. The van der Waals surface area contributed by atoms with E-state index in [1.165, 1.54) is 25.7 Å². The van der Waals surface area contributed by atoms with E-state index in [4.69, 9.17) is 10.8 Å². The molecule has 128 valence electrons. The van der Waals surface area contributed by atoms with Crippen molar-refractivity contribution >= 4 is 17.8 Å². The summed E-state index contributed by atoms with van der Waals surface area (Å²) in [7, 11) is 0. The molecule has 0 rings (SSSR count). The molecule has 0 aliphatic rings. The predicted molar refractivity (Wildman–Crippen MR) is 85.2 cm³/mol. The van der Waals surface area contributed by atoms with E-state index in [2.05, 4.69) is 12.2 Å². The lowest BCUT2D eigenvalue weighted by Gasteiger charge is -2.16. The molecule has 22 heavy (non-hydrogen) atoms. The van der Waals surface area contributed by atoms with Crippen LogP contribution in [-0.4, -0.2) is 28.9 Å². The predicted octanol–water partition coefficient (Wildman–Crippen LogP) is 2.21. The third-order valence-corrected chi connectivity index (χ3v) is 3.65. The minimum absolute atomic E-state index is 0.0296. The number of hydrogen-bond donors (Lipinski definition) is 3.